The first-order chi connectivity index (χ1) is 10.9. The lowest BCUT2D eigenvalue weighted by Gasteiger charge is -2.40. The molecular formula is C16H19FN2O4. The standard InChI is InChI=1S/C16H19FN2O4/c1-2-7-18-8-9-19(13(16(18)23)10-14(20)21)15(22)11-3-5-12(17)6-4-11/h3-6,13H,2,7-10H2,1H3,(H,20,21). The number of aliphatic carboxylic acids is 1. The van der Waals surface area contributed by atoms with Gasteiger partial charge in [-0.2, -0.15) is 0 Å². The summed E-state index contributed by atoms with van der Waals surface area (Å²) in [5, 5.41) is 9.05. The molecule has 23 heavy (non-hydrogen) atoms. The maximum Gasteiger partial charge on any atom is 0.305 e. The lowest BCUT2D eigenvalue weighted by molar-refractivity contribution is -0.147. The Bertz CT molecular complexity index is 603. The fraction of sp³-hybridized carbons (Fsp3) is 0.438. The molecule has 1 aliphatic heterocycles. The Kier molecular flexibility index (Phi) is 5.31. The van der Waals surface area contributed by atoms with Crippen molar-refractivity contribution in [2.75, 3.05) is 19.6 Å². The van der Waals surface area contributed by atoms with Gasteiger partial charge in [0.2, 0.25) is 5.91 Å². The van der Waals surface area contributed by atoms with E-state index in [9.17, 15) is 18.8 Å². The van der Waals surface area contributed by atoms with Crippen LogP contribution in [0.1, 0.15) is 30.1 Å². The van der Waals surface area contributed by atoms with E-state index in [1.54, 1.807) is 4.90 Å². The molecule has 0 radical (unpaired) electrons. The number of halogens is 1. The van der Waals surface area contributed by atoms with E-state index in [0.717, 1.165) is 18.6 Å². The minimum absolute atomic E-state index is 0.235. The molecule has 7 heteroatoms. The number of hydrogen-bond donors (Lipinski definition) is 1. The average molecular weight is 322 g/mol. The average Bonchev–Trinajstić information content (AvgIpc) is 2.51. The molecule has 1 saturated heterocycles. The normalized spacial score (nSPS) is 18.2. The highest BCUT2D eigenvalue weighted by atomic mass is 19.1. The number of piperazine rings is 1. The number of carbonyl (C=O) groups is 3. The zero-order valence-corrected chi connectivity index (χ0v) is 12.9. The maximum absolute atomic E-state index is 13.0. The summed E-state index contributed by atoms with van der Waals surface area (Å²) in [7, 11) is 0. The van der Waals surface area contributed by atoms with Crippen LogP contribution in [0.25, 0.3) is 0 Å². The second-order valence-corrected chi connectivity index (χ2v) is 5.44. The van der Waals surface area contributed by atoms with E-state index in [2.05, 4.69) is 0 Å². The number of carboxylic acid groups (broad SMARTS) is 1. The summed E-state index contributed by atoms with van der Waals surface area (Å²) in [4.78, 5) is 38.9. The van der Waals surface area contributed by atoms with E-state index in [1.165, 1.54) is 17.0 Å². The first-order valence-corrected chi connectivity index (χ1v) is 7.51. The number of amides is 2. The van der Waals surface area contributed by atoms with Gasteiger partial charge in [0.05, 0.1) is 6.42 Å². The van der Waals surface area contributed by atoms with Crippen molar-refractivity contribution in [2.45, 2.75) is 25.8 Å². The number of nitrogens with zero attached hydrogens (tertiary/aromatic N) is 2. The zero-order valence-electron chi connectivity index (χ0n) is 12.9. The van der Waals surface area contributed by atoms with E-state index in [4.69, 9.17) is 5.11 Å². The van der Waals surface area contributed by atoms with Crippen molar-refractivity contribution in [2.24, 2.45) is 0 Å². The summed E-state index contributed by atoms with van der Waals surface area (Å²) in [6, 6.07) is 3.96. The molecule has 6 nitrogen and oxygen atoms in total. The number of rotatable bonds is 5. The lowest BCUT2D eigenvalue weighted by atomic mass is 10.0. The van der Waals surface area contributed by atoms with Gasteiger partial charge in [-0.25, -0.2) is 4.39 Å². The van der Waals surface area contributed by atoms with Gasteiger partial charge >= 0.3 is 5.97 Å². The third-order valence-electron chi connectivity index (χ3n) is 3.80. The van der Waals surface area contributed by atoms with Gasteiger partial charge in [-0.15, -0.1) is 0 Å². The Morgan fingerprint density at radius 3 is 2.48 bits per heavy atom. The van der Waals surface area contributed by atoms with Crippen molar-refractivity contribution in [3.8, 4) is 0 Å². The number of carboxylic acids is 1. The zero-order chi connectivity index (χ0) is 17.0. The van der Waals surface area contributed by atoms with Crippen molar-refractivity contribution in [3.63, 3.8) is 0 Å². The van der Waals surface area contributed by atoms with Crippen molar-refractivity contribution in [1.82, 2.24) is 9.80 Å². The molecule has 2 rings (SSSR count). The molecule has 1 unspecified atom stereocenters. The molecule has 1 atom stereocenters. The third-order valence-corrected chi connectivity index (χ3v) is 3.80. The summed E-state index contributed by atoms with van der Waals surface area (Å²) in [5.41, 5.74) is 0.235. The Morgan fingerprint density at radius 1 is 1.26 bits per heavy atom. The Morgan fingerprint density at radius 2 is 1.91 bits per heavy atom. The molecule has 1 aromatic rings. The van der Waals surface area contributed by atoms with Gasteiger partial charge in [0, 0.05) is 25.2 Å². The van der Waals surface area contributed by atoms with Crippen molar-refractivity contribution >= 4 is 17.8 Å². The highest BCUT2D eigenvalue weighted by Crippen LogP contribution is 2.18. The fourth-order valence-corrected chi connectivity index (χ4v) is 2.69. The predicted octanol–water partition coefficient (Wildman–Crippen LogP) is 1.36. The van der Waals surface area contributed by atoms with Crippen molar-refractivity contribution < 1.29 is 23.9 Å². The minimum Gasteiger partial charge on any atom is -0.481 e. The second kappa shape index (κ2) is 7.21. The van der Waals surface area contributed by atoms with E-state index >= 15 is 0 Å². The molecule has 2 amide bonds. The van der Waals surface area contributed by atoms with Gasteiger partial charge in [0.15, 0.2) is 0 Å². The Balaban J connectivity index is 2.24. The number of hydrogen-bond acceptors (Lipinski definition) is 3. The summed E-state index contributed by atoms with van der Waals surface area (Å²) >= 11 is 0. The van der Waals surface area contributed by atoms with Crippen LogP contribution in [0.3, 0.4) is 0 Å². The third kappa shape index (κ3) is 3.85. The largest absolute Gasteiger partial charge is 0.481 e. The van der Waals surface area contributed by atoms with Gasteiger partial charge in [0.1, 0.15) is 11.9 Å². The van der Waals surface area contributed by atoms with Crippen LogP contribution < -0.4 is 0 Å². The van der Waals surface area contributed by atoms with Crippen LogP contribution in [0.5, 0.6) is 0 Å². The predicted molar refractivity (Wildman–Crippen MR) is 80.3 cm³/mol. The van der Waals surface area contributed by atoms with Gasteiger partial charge in [-0.3, -0.25) is 14.4 Å². The number of benzene rings is 1. The molecule has 0 aliphatic carbocycles. The number of carbonyl (C=O) groups excluding carboxylic acids is 2. The molecule has 124 valence electrons. The maximum atomic E-state index is 13.0. The van der Waals surface area contributed by atoms with Crippen LogP contribution in [-0.2, 0) is 9.59 Å². The van der Waals surface area contributed by atoms with Crippen LogP contribution >= 0.6 is 0 Å². The van der Waals surface area contributed by atoms with E-state index < -0.39 is 30.2 Å². The summed E-state index contributed by atoms with van der Waals surface area (Å²) in [5.74, 6) is -2.41. The molecule has 1 aliphatic rings. The van der Waals surface area contributed by atoms with Gasteiger partial charge in [-0.1, -0.05) is 6.92 Å². The Hall–Kier alpha value is -2.44. The van der Waals surface area contributed by atoms with Crippen molar-refractivity contribution in [1.29, 1.82) is 0 Å². The smallest absolute Gasteiger partial charge is 0.305 e. The molecule has 1 heterocycles. The highest BCUT2D eigenvalue weighted by Gasteiger charge is 2.38. The molecule has 1 fully saturated rings. The van der Waals surface area contributed by atoms with Crippen LogP contribution in [-0.4, -0.2) is 58.4 Å². The molecule has 0 spiro atoms. The molecule has 1 aromatic carbocycles. The molecule has 1 N–H and O–H groups in total. The minimum atomic E-state index is -1.14. The lowest BCUT2D eigenvalue weighted by Crippen LogP contribution is -2.59. The van der Waals surface area contributed by atoms with Crippen molar-refractivity contribution in [3.05, 3.63) is 35.6 Å². The monoisotopic (exact) mass is 322 g/mol. The quantitative estimate of drug-likeness (QED) is 0.888. The Labute approximate surface area is 133 Å². The van der Waals surface area contributed by atoms with Gasteiger partial charge in [-0.05, 0) is 30.7 Å². The summed E-state index contributed by atoms with van der Waals surface area (Å²) < 4.78 is 13.0. The second-order valence-electron chi connectivity index (χ2n) is 5.44. The van der Waals surface area contributed by atoms with E-state index in [1.807, 2.05) is 6.92 Å². The first-order valence-electron chi connectivity index (χ1n) is 7.51. The molecule has 0 saturated carbocycles. The SMILES string of the molecule is CCCN1CCN(C(=O)c2ccc(F)cc2)C(CC(=O)O)C1=O. The fourth-order valence-electron chi connectivity index (χ4n) is 2.69. The van der Waals surface area contributed by atoms with E-state index in [-0.39, 0.29) is 18.0 Å². The van der Waals surface area contributed by atoms with Gasteiger partial charge < -0.3 is 14.9 Å². The van der Waals surface area contributed by atoms with E-state index in [0.29, 0.717) is 13.1 Å². The molecule has 0 aromatic heterocycles. The van der Waals surface area contributed by atoms with Crippen LogP contribution in [0.4, 0.5) is 4.39 Å². The first kappa shape index (κ1) is 16.9. The molecular weight excluding hydrogens is 303 g/mol. The summed E-state index contributed by atoms with van der Waals surface area (Å²) in [6.07, 6.45) is 0.323. The topological polar surface area (TPSA) is 77.9 Å². The highest BCUT2D eigenvalue weighted by molar-refractivity contribution is 5.99. The van der Waals surface area contributed by atoms with Gasteiger partial charge in [0.25, 0.3) is 5.91 Å². The molecule has 0 bridgehead atoms. The summed E-state index contributed by atoms with van der Waals surface area (Å²) in [6.45, 7) is 3.10. The van der Waals surface area contributed by atoms with Crippen LogP contribution in [0, 0.1) is 5.82 Å². The van der Waals surface area contributed by atoms with Crippen LogP contribution in [0.2, 0.25) is 0 Å². The van der Waals surface area contributed by atoms with Crippen LogP contribution in [0.15, 0.2) is 24.3 Å².